The minimum Gasteiger partial charge on any atom is -0.356 e. The number of carbonyl (C=O) groups is 1. The molecule has 0 saturated heterocycles. The highest BCUT2D eigenvalue weighted by Crippen LogP contribution is 2.19. The largest absolute Gasteiger partial charge is 0.356 e. The summed E-state index contributed by atoms with van der Waals surface area (Å²) in [6.07, 6.45) is 0.816. The second-order valence-electron chi connectivity index (χ2n) is 5.11. The van der Waals surface area contributed by atoms with E-state index in [2.05, 4.69) is 48.3 Å². The molecule has 2 aromatic rings. The molecule has 0 aliphatic heterocycles. The zero-order chi connectivity index (χ0) is 17.4. The molecule has 2 rings (SSSR count). The summed E-state index contributed by atoms with van der Waals surface area (Å²) in [5.41, 5.74) is 1.79. The molecule has 25 heavy (non-hydrogen) atoms. The van der Waals surface area contributed by atoms with Gasteiger partial charge in [-0.1, -0.05) is 12.1 Å². The van der Waals surface area contributed by atoms with Crippen LogP contribution in [0.15, 0.2) is 45.2 Å². The Morgan fingerprint density at radius 3 is 2.72 bits per heavy atom. The molecular weight excluding hydrogens is 515 g/mol. The van der Waals surface area contributed by atoms with Gasteiger partial charge in [0.1, 0.15) is 0 Å². The predicted octanol–water partition coefficient (Wildman–Crippen LogP) is 3.40. The first-order chi connectivity index (χ1) is 11.6. The quantitative estimate of drug-likeness (QED) is 0.301. The highest BCUT2D eigenvalue weighted by atomic mass is 127. The Hall–Kier alpha value is -1.13. The first-order valence-electron chi connectivity index (χ1n) is 7.61. The number of nitrogens with zero attached hydrogens (tertiary/aromatic N) is 1. The van der Waals surface area contributed by atoms with E-state index in [9.17, 15) is 4.79 Å². The van der Waals surface area contributed by atoms with Crippen LogP contribution in [0, 0.1) is 0 Å². The normalized spacial score (nSPS) is 10.8. The number of hydrogen-bond donors (Lipinski definition) is 3. The van der Waals surface area contributed by atoms with Crippen molar-refractivity contribution in [1.29, 1.82) is 0 Å². The molecule has 1 heterocycles. The van der Waals surface area contributed by atoms with E-state index in [1.165, 1.54) is 4.88 Å². The Bertz CT molecular complexity index is 720. The molecule has 0 radical (unpaired) electrons. The van der Waals surface area contributed by atoms with E-state index in [-0.39, 0.29) is 29.9 Å². The second-order valence-corrected chi connectivity index (χ2v) is 7.02. The number of hydrogen-bond acceptors (Lipinski definition) is 3. The van der Waals surface area contributed by atoms with Crippen molar-refractivity contribution in [2.24, 2.45) is 4.99 Å². The summed E-state index contributed by atoms with van der Waals surface area (Å²) in [7, 11) is 3.39. The Labute approximate surface area is 177 Å². The lowest BCUT2D eigenvalue weighted by molar-refractivity contribution is 0.0963. The summed E-state index contributed by atoms with van der Waals surface area (Å²) >= 11 is 5.15. The van der Waals surface area contributed by atoms with Gasteiger partial charge in [-0.05, 0) is 46.1 Å². The van der Waals surface area contributed by atoms with Gasteiger partial charge >= 0.3 is 0 Å². The molecule has 0 saturated carbocycles. The third kappa shape index (κ3) is 7.33. The molecule has 5 nitrogen and oxygen atoms in total. The van der Waals surface area contributed by atoms with E-state index in [0.29, 0.717) is 5.56 Å². The number of thiophene rings is 1. The van der Waals surface area contributed by atoms with E-state index in [0.717, 1.165) is 35.5 Å². The fourth-order valence-electron chi connectivity index (χ4n) is 2.18. The van der Waals surface area contributed by atoms with E-state index in [1.807, 2.05) is 24.3 Å². The van der Waals surface area contributed by atoms with Gasteiger partial charge in [0.15, 0.2) is 5.96 Å². The van der Waals surface area contributed by atoms with Crippen molar-refractivity contribution in [3.8, 4) is 0 Å². The molecule has 1 aromatic carbocycles. The number of guanidine groups is 1. The Morgan fingerprint density at radius 2 is 2.08 bits per heavy atom. The highest BCUT2D eigenvalue weighted by molar-refractivity contribution is 14.0. The van der Waals surface area contributed by atoms with Crippen LogP contribution in [0.3, 0.4) is 0 Å². The maximum atomic E-state index is 11.7. The molecule has 0 fully saturated rings. The van der Waals surface area contributed by atoms with E-state index < -0.39 is 0 Å². The van der Waals surface area contributed by atoms with Crippen molar-refractivity contribution < 1.29 is 4.79 Å². The average molecular weight is 537 g/mol. The third-order valence-electron chi connectivity index (χ3n) is 3.40. The molecule has 3 N–H and O–H groups in total. The lowest BCUT2D eigenvalue weighted by atomic mass is 10.1. The molecular formula is C17H22BrIN4OS. The summed E-state index contributed by atoms with van der Waals surface area (Å²) in [6, 6.07) is 9.75. The van der Waals surface area contributed by atoms with Crippen LogP contribution in [0.2, 0.25) is 0 Å². The van der Waals surface area contributed by atoms with Crippen molar-refractivity contribution in [3.63, 3.8) is 0 Å². The van der Waals surface area contributed by atoms with Crippen molar-refractivity contribution >= 4 is 63.1 Å². The van der Waals surface area contributed by atoms with E-state index in [4.69, 9.17) is 0 Å². The van der Waals surface area contributed by atoms with Crippen LogP contribution in [0.1, 0.15) is 20.8 Å². The van der Waals surface area contributed by atoms with Crippen molar-refractivity contribution in [1.82, 2.24) is 16.0 Å². The number of halogens is 2. The number of rotatable bonds is 6. The zero-order valence-electron chi connectivity index (χ0n) is 14.1. The standard InChI is InChI=1S/C17H21BrN4OS.HI/c1-19-16(23)13-5-3-4-12(8-13)6-7-21-17(20-2)22-10-15-9-14(18)11-24-15;/h3-5,8-9,11H,6-7,10H2,1-2H3,(H,19,23)(H2,20,21,22);1H. The minimum absolute atomic E-state index is 0. The first-order valence-corrected chi connectivity index (χ1v) is 9.28. The minimum atomic E-state index is -0.0654. The molecule has 1 aromatic heterocycles. The molecule has 0 spiro atoms. The third-order valence-corrected chi connectivity index (χ3v) is 5.10. The molecule has 0 bridgehead atoms. The molecule has 0 aliphatic rings. The number of carbonyl (C=O) groups excluding carboxylic acids is 1. The monoisotopic (exact) mass is 536 g/mol. The molecule has 1 amide bonds. The molecule has 136 valence electrons. The van der Waals surface area contributed by atoms with Gasteiger partial charge in [0.25, 0.3) is 5.91 Å². The Morgan fingerprint density at radius 1 is 1.28 bits per heavy atom. The summed E-state index contributed by atoms with van der Waals surface area (Å²) in [4.78, 5) is 17.1. The second kappa shape index (κ2) is 11.5. The summed E-state index contributed by atoms with van der Waals surface area (Å²) < 4.78 is 1.10. The fraction of sp³-hybridized carbons (Fsp3) is 0.294. The van der Waals surface area contributed by atoms with Crippen molar-refractivity contribution in [2.75, 3.05) is 20.6 Å². The van der Waals surface area contributed by atoms with Gasteiger partial charge in [0, 0.05) is 40.9 Å². The van der Waals surface area contributed by atoms with Crippen LogP contribution in [0.4, 0.5) is 0 Å². The van der Waals surface area contributed by atoms with Crippen LogP contribution in [0.25, 0.3) is 0 Å². The number of benzene rings is 1. The summed E-state index contributed by atoms with van der Waals surface area (Å²) in [5, 5.41) is 11.3. The maximum Gasteiger partial charge on any atom is 0.251 e. The Kier molecular flexibility index (Phi) is 10.1. The number of amides is 1. The van der Waals surface area contributed by atoms with Crippen LogP contribution in [-0.2, 0) is 13.0 Å². The zero-order valence-corrected chi connectivity index (χ0v) is 18.9. The highest BCUT2D eigenvalue weighted by Gasteiger charge is 2.04. The van der Waals surface area contributed by atoms with E-state index in [1.54, 1.807) is 25.4 Å². The summed E-state index contributed by atoms with van der Waals surface area (Å²) in [6.45, 7) is 1.48. The molecule has 0 aliphatic carbocycles. The summed E-state index contributed by atoms with van der Waals surface area (Å²) in [5.74, 6) is 0.700. The first kappa shape index (κ1) is 21.9. The lowest BCUT2D eigenvalue weighted by Crippen LogP contribution is -2.37. The number of nitrogens with one attached hydrogen (secondary N) is 3. The lowest BCUT2D eigenvalue weighted by Gasteiger charge is -2.11. The Balaban J connectivity index is 0.00000312. The van der Waals surface area contributed by atoms with Crippen LogP contribution in [-0.4, -0.2) is 32.5 Å². The van der Waals surface area contributed by atoms with Gasteiger partial charge in [-0.15, -0.1) is 35.3 Å². The van der Waals surface area contributed by atoms with Gasteiger partial charge in [-0.2, -0.15) is 0 Å². The predicted molar refractivity (Wildman–Crippen MR) is 119 cm³/mol. The van der Waals surface area contributed by atoms with Crippen LogP contribution in [0.5, 0.6) is 0 Å². The molecule has 0 unspecified atom stereocenters. The van der Waals surface area contributed by atoms with Gasteiger partial charge in [0.2, 0.25) is 0 Å². The molecule has 0 atom stereocenters. The SMILES string of the molecule is CN=C(NCCc1cccc(C(=O)NC)c1)NCc1cc(Br)cs1.I. The van der Waals surface area contributed by atoms with Crippen molar-refractivity contribution in [3.05, 3.63) is 56.2 Å². The van der Waals surface area contributed by atoms with Crippen LogP contribution >= 0.6 is 51.2 Å². The average Bonchev–Trinajstić information content (AvgIpc) is 3.02. The van der Waals surface area contributed by atoms with Crippen LogP contribution < -0.4 is 16.0 Å². The van der Waals surface area contributed by atoms with Crippen molar-refractivity contribution in [2.45, 2.75) is 13.0 Å². The van der Waals surface area contributed by atoms with Gasteiger partial charge < -0.3 is 16.0 Å². The topological polar surface area (TPSA) is 65.5 Å². The molecule has 8 heteroatoms. The van der Waals surface area contributed by atoms with Gasteiger partial charge in [0.05, 0.1) is 6.54 Å². The van der Waals surface area contributed by atoms with Gasteiger partial charge in [-0.25, -0.2) is 0 Å². The maximum absolute atomic E-state index is 11.7. The van der Waals surface area contributed by atoms with E-state index >= 15 is 0 Å². The van der Waals surface area contributed by atoms with Gasteiger partial charge in [-0.3, -0.25) is 9.79 Å². The fourth-order valence-corrected chi connectivity index (χ4v) is 3.57. The number of aliphatic imine (C=N–C) groups is 1. The smallest absolute Gasteiger partial charge is 0.251 e.